The van der Waals surface area contributed by atoms with E-state index in [1.54, 1.807) is 13.2 Å². The lowest BCUT2D eigenvalue weighted by Gasteiger charge is -2.06. The van der Waals surface area contributed by atoms with Crippen LogP contribution in [-0.2, 0) is 11.2 Å². The van der Waals surface area contributed by atoms with Crippen LogP contribution in [0.15, 0.2) is 42.5 Å². The minimum Gasteiger partial charge on any atom is -0.478 e. The lowest BCUT2D eigenvalue weighted by atomic mass is 10.0. The Bertz CT molecular complexity index is 606. The first-order valence-electron chi connectivity index (χ1n) is 6.23. The molecular weight excluding hydrogens is 259 g/mol. The summed E-state index contributed by atoms with van der Waals surface area (Å²) < 4.78 is 18.6. The van der Waals surface area contributed by atoms with E-state index in [0.717, 1.165) is 17.5 Å². The van der Waals surface area contributed by atoms with Gasteiger partial charge in [0.25, 0.3) is 0 Å². The van der Waals surface area contributed by atoms with Crippen LogP contribution < -0.4 is 0 Å². The summed E-state index contributed by atoms with van der Waals surface area (Å²) in [5.74, 6) is -1.98. The fourth-order valence-electron chi connectivity index (χ4n) is 1.95. The van der Waals surface area contributed by atoms with Gasteiger partial charge < -0.3 is 9.84 Å². The maximum atomic E-state index is 13.6. The van der Waals surface area contributed by atoms with Gasteiger partial charge in [-0.15, -0.1) is 0 Å². The molecule has 0 aliphatic carbocycles. The molecule has 0 heterocycles. The third-order valence-electron chi connectivity index (χ3n) is 3.08. The lowest BCUT2D eigenvalue weighted by molar-refractivity contribution is 0.0692. The summed E-state index contributed by atoms with van der Waals surface area (Å²) in [5.41, 5.74) is 2.33. The Balaban J connectivity index is 2.23. The van der Waals surface area contributed by atoms with Crippen molar-refractivity contribution in [2.24, 2.45) is 0 Å². The van der Waals surface area contributed by atoms with Crippen LogP contribution in [0.1, 0.15) is 15.9 Å². The van der Waals surface area contributed by atoms with Crippen molar-refractivity contribution in [1.82, 2.24) is 0 Å². The van der Waals surface area contributed by atoms with Crippen LogP contribution in [0.5, 0.6) is 0 Å². The Kier molecular flexibility index (Phi) is 4.48. The van der Waals surface area contributed by atoms with E-state index in [9.17, 15) is 9.18 Å². The van der Waals surface area contributed by atoms with Crippen molar-refractivity contribution in [3.8, 4) is 11.1 Å². The van der Waals surface area contributed by atoms with Crippen LogP contribution in [0.2, 0.25) is 0 Å². The summed E-state index contributed by atoms with van der Waals surface area (Å²) in [6, 6.07) is 11.8. The zero-order chi connectivity index (χ0) is 14.5. The van der Waals surface area contributed by atoms with Gasteiger partial charge in [0, 0.05) is 7.11 Å². The number of ether oxygens (including phenoxy) is 1. The number of aromatic carboxylic acids is 1. The Labute approximate surface area is 116 Å². The van der Waals surface area contributed by atoms with E-state index < -0.39 is 11.8 Å². The van der Waals surface area contributed by atoms with Gasteiger partial charge in [-0.2, -0.15) is 0 Å². The molecule has 0 fully saturated rings. The summed E-state index contributed by atoms with van der Waals surface area (Å²) in [5, 5.41) is 8.79. The smallest absolute Gasteiger partial charge is 0.338 e. The number of hydrogen-bond donors (Lipinski definition) is 1. The number of benzene rings is 2. The van der Waals surface area contributed by atoms with Crippen molar-refractivity contribution < 1.29 is 19.0 Å². The normalized spacial score (nSPS) is 10.5. The second-order valence-corrected chi connectivity index (χ2v) is 4.44. The van der Waals surface area contributed by atoms with E-state index in [2.05, 4.69) is 0 Å². The average Bonchev–Trinajstić information content (AvgIpc) is 2.45. The Morgan fingerprint density at radius 1 is 1.15 bits per heavy atom. The van der Waals surface area contributed by atoms with Crippen LogP contribution in [0.25, 0.3) is 11.1 Å². The molecule has 4 heteroatoms. The molecule has 0 saturated carbocycles. The van der Waals surface area contributed by atoms with E-state index >= 15 is 0 Å². The quantitative estimate of drug-likeness (QED) is 0.909. The lowest BCUT2D eigenvalue weighted by Crippen LogP contribution is -2.00. The van der Waals surface area contributed by atoms with Crippen LogP contribution >= 0.6 is 0 Å². The number of carboxylic acid groups (broad SMARTS) is 1. The van der Waals surface area contributed by atoms with Gasteiger partial charge in [0.1, 0.15) is 5.82 Å². The Hall–Kier alpha value is -2.20. The highest BCUT2D eigenvalue weighted by molar-refractivity contribution is 5.88. The molecule has 0 aromatic heterocycles. The van der Waals surface area contributed by atoms with Gasteiger partial charge >= 0.3 is 5.97 Å². The predicted molar refractivity (Wildman–Crippen MR) is 74.4 cm³/mol. The number of carbonyl (C=O) groups is 1. The second kappa shape index (κ2) is 6.30. The molecule has 2 rings (SSSR count). The number of halogens is 1. The number of methoxy groups -OCH3 is 1. The molecule has 0 spiro atoms. The van der Waals surface area contributed by atoms with Crippen LogP contribution in [0.3, 0.4) is 0 Å². The largest absolute Gasteiger partial charge is 0.478 e. The van der Waals surface area contributed by atoms with Crippen molar-refractivity contribution in [2.45, 2.75) is 6.42 Å². The van der Waals surface area contributed by atoms with Gasteiger partial charge in [-0.3, -0.25) is 0 Å². The molecule has 0 atom stereocenters. The summed E-state index contributed by atoms with van der Waals surface area (Å²) in [6.07, 6.45) is 0.823. The maximum absolute atomic E-state index is 13.6. The summed E-state index contributed by atoms with van der Waals surface area (Å²) in [7, 11) is 1.65. The van der Waals surface area contributed by atoms with E-state index in [1.165, 1.54) is 12.1 Å². The van der Waals surface area contributed by atoms with E-state index in [4.69, 9.17) is 9.84 Å². The van der Waals surface area contributed by atoms with Crippen LogP contribution in [0.4, 0.5) is 4.39 Å². The Morgan fingerprint density at radius 2 is 1.80 bits per heavy atom. The molecule has 0 saturated heterocycles. The number of carboxylic acids is 1. The van der Waals surface area contributed by atoms with Gasteiger partial charge in [-0.1, -0.05) is 30.3 Å². The molecule has 3 nitrogen and oxygen atoms in total. The molecule has 0 unspecified atom stereocenters. The van der Waals surface area contributed by atoms with E-state index in [-0.39, 0.29) is 5.56 Å². The first-order chi connectivity index (χ1) is 9.61. The van der Waals surface area contributed by atoms with Gasteiger partial charge in [0.15, 0.2) is 0 Å². The molecule has 2 aromatic carbocycles. The highest BCUT2D eigenvalue weighted by atomic mass is 19.1. The molecule has 0 bridgehead atoms. The van der Waals surface area contributed by atoms with Gasteiger partial charge in [-0.05, 0) is 35.2 Å². The molecule has 1 N–H and O–H groups in total. The summed E-state index contributed by atoms with van der Waals surface area (Å²) in [4.78, 5) is 10.8. The Morgan fingerprint density at radius 3 is 2.35 bits per heavy atom. The molecule has 0 aliphatic heterocycles. The molecule has 20 heavy (non-hydrogen) atoms. The van der Waals surface area contributed by atoms with Crippen molar-refractivity contribution >= 4 is 5.97 Å². The molecule has 0 radical (unpaired) electrons. The van der Waals surface area contributed by atoms with Crippen molar-refractivity contribution in [3.05, 3.63) is 59.4 Å². The SMILES string of the molecule is COCCc1ccc(-c2ccc(C(=O)O)c(F)c2)cc1. The van der Waals surface area contributed by atoms with E-state index in [1.807, 2.05) is 24.3 Å². The number of rotatable bonds is 5. The second-order valence-electron chi connectivity index (χ2n) is 4.44. The summed E-state index contributed by atoms with van der Waals surface area (Å²) in [6.45, 7) is 0.654. The van der Waals surface area contributed by atoms with Gasteiger partial charge in [0.2, 0.25) is 0 Å². The monoisotopic (exact) mass is 274 g/mol. The first kappa shape index (κ1) is 14.2. The van der Waals surface area contributed by atoms with Crippen molar-refractivity contribution in [1.29, 1.82) is 0 Å². The summed E-state index contributed by atoms with van der Waals surface area (Å²) >= 11 is 0. The minimum absolute atomic E-state index is 0.314. The first-order valence-corrected chi connectivity index (χ1v) is 6.23. The molecular formula is C16H15FO3. The van der Waals surface area contributed by atoms with Gasteiger partial charge in [-0.25, -0.2) is 9.18 Å². The molecule has 104 valence electrons. The standard InChI is InChI=1S/C16H15FO3/c1-20-9-8-11-2-4-12(5-3-11)13-6-7-14(16(18)19)15(17)10-13/h2-7,10H,8-9H2,1H3,(H,18,19). The van der Waals surface area contributed by atoms with Crippen LogP contribution in [-0.4, -0.2) is 24.8 Å². The van der Waals surface area contributed by atoms with Crippen LogP contribution in [0, 0.1) is 5.82 Å². The molecule has 0 aliphatic rings. The third-order valence-corrected chi connectivity index (χ3v) is 3.08. The fraction of sp³-hybridized carbons (Fsp3) is 0.188. The fourth-order valence-corrected chi connectivity index (χ4v) is 1.95. The third kappa shape index (κ3) is 3.22. The van der Waals surface area contributed by atoms with Crippen molar-refractivity contribution in [2.75, 3.05) is 13.7 Å². The van der Waals surface area contributed by atoms with Crippen molar-refractivity contribution in [3.63, 3.8) is 0 Å². The minimum atomic E-state index is -1.26. The topological polar surface area (TPSA) is 46.5 Å². The zero-order valence-corrected chi connectivity index (χ0v) is 11.1. The van der Waals surface area contributed by atoms with E-state index in [0.29, 0.717) is 12.2 Å². The maximum Gasteiger partial charge on any atom is 0.338 e. The highest BCUT2D eigenvalue weighted by Gasteiger charge is 2.11. The predicted octanol–water partition coefficient (Wildman–Crippen LogP) is 3.38. The average molecular weight is 274 g/mol. The molecule has 0 amide bonds. The molecule has 2 aromatic rings. The number of hydrogen-bond acceptors (Lipinski definition) is 2. The highest BCUT2D eigenvalue weighted by Crippen LogP contribution is 2.22. The zero-order valence-electron chi connectivity index (χ0n) is 11.1. The van der Waals surface area contributed by atoms with Gasteiger partial charge in [0.05, 0.1) is 12.2 Å².